The Balaban J connectivity index is 1.80. The van der Waals surface area contributed by atoms with E-state index in [2.05, 4.69) is 97.1 Å². The van der Waals surface area contributed by atoms with Gasteiger partial charge in [0.2, 0.25) is 0 Å². The molecule has 25 heavy (non-hydrogen) atoms. The molecule has 0 aromatic heterocycles. The van der Waals surface area contributed by atoms with Crippen LogP contribution < -0.4 is 0 Å². The zero-order valence-corrected chi connectivity index (χ0v) is 13.9. The zero-order chi connectivity index (χ0) is 16.6. The van der Waals surface area contributed by atoms with E-state index in [1.54, 1.807) is 0 Å². The third-order valence-corrected chi connectivity index (χ3v) is 5.00. The van der Waals surface area contributed by atoms with E-state index in [9.17, 15) is 0 Å². The summed E-state index contributed by atoms with van der Waals surface area (Å²) in [4.78, 5) is 0. The molecular weight excluding hydrogens is 300 g/mol. The summed E-state index contributed by atoms with van der Waals surface area (Å²) in [5.74, 6) is 0. The van der Waals surface area contributed by atoms with Crippen molar-refractivity contribution in [2.75, 3.05) is 0 Å². The Kier molecular flexibility index (Phi) is 3.28. The lowest BCUT2D eigenvalue weighted by atomic mass is 9.91. The molecule has 0 saturated heterocycles. The molecule has 4 aromatic carbocycles. The Morgan fingerprint density at radius 1 is 0.600 bits per heavy atom. The van der Waals surface area contributed by atoms with Crippen molar-refractivity contribution in [2.45, 2.75) is 6.42 Å². The smallest absolute Gasteiger partial charge is 0.000705 e. The fourth-order valence-electron chi connectivity index (χ4n) is 3.79. The van der Waals surface area contributed by atoms with Gasteiger partial charge in [-0.15, -0.1) is 0 Å². The lowest BCUT2D eigenvalue weighted by molar-refractivity contribution is 1.26. The van der Waals surface area contributed by atoms with Gasteiger partial charge in [-0.05, 0) is 63.1 Å². The summed E-state index contributed by atoms with van der Waals surface area (Å²) in [5, 5.41) is 0. The summed E-state index contributed by atoms with van der Waals surface area (Å²) in [6.07, 6.45) is 0.987. The van der Waals surface area contributed by atoms with E-state index in [1.807, 2.05) is 0 Å². The van der Waals surface area contributed by atoms with Crippen LogP contribution in [0.15, 0.2) is 91.0 Å². The quantitative estimate of drug-likeness (QED) is 0.354. The molecule has 0 spiro atoms. The second kappa shape index (κ2) is 5.75. The molecule has 0 saturated carbocycles. The molecule has 0 nitrogen and oxygen atoms in total. The van der Waals surface area contributed by atoms with Crippen molar-refractivity contribution in [1.29, 1.82) is 0 Å². The maximum atomic E-state index is 3.71. The van der Waals surface area contributed by atoms with Gasteiger partial charge < -0.3 is 0 Å². The van der Waals surface area contributed by atoms with Crippen molar-refractivity contribution < 1.29 is 0 Å². The summed E-state index contributed by atoms with van der Waals surface area (Å²) in [6, 6.07) is 36.0. The van der Waals surface area contributed by atoms with Crippen molar-refractivity contribution in [3.63, 3.8) is 0 Å². The van der Waals surface area contributed by atoms with Gasteiger partial charge in [0.25, 0.3) is 0 Å². The second-order valence-corrected chi connectivity index (χ2v) is 6.52. The van der Waals surface area contributed by atoms with Crippen LogP contribution in [0, 0.1) is 6.07 Å². The van der Waals surface area contributed by atoms with E-state index in [-0.39, 0.29) is 0 Å². The lowest BCUT2D eigenvalue weighted by Gasteiger charge is -2.12. The van der Waals surface area contributed by atoms with Crippen LogP contribution in [0.3, 0.4) is 0 Å². The molecule has 0 fully saturated rings. The molecule has 0 N–H and O–H groups in total. The highest BCUT2D eigenvalue weighted by Crippen LogP contribution is 2.43. The minimum absolute atomic E-state index is 0.987. The molecule has 0 bridgehead atoms. The first-order valence-corrected chi connectivity index (χ1v) is 8.68. The Bertz CT molecular complexity index is 1040. The van der Waals surface area contributed by atoms with Crippen LogP contribution in [-0.2, 0) is 6.42 Å². The molecule has 1 radical (unpaired) electrons. The number of benzene rings is 4. The molecule has 0 amide bonds. The van der Waals surface area contributed by atoms with Gasteiger partial charge in [0.15, 0.2) is 0 Å². The number of fused-ring (bicyclic) bond motifs is 3. The van der Waals surface area contributed by atoms with Gasteiger partial charge in [0.05, 0.1) is 0 Å². The van der Waals surface area contributed by atoms with Gasteiger partial charge in [-0.2, -0.15) is 0 Å². The maximum absolute atomic E-state index is 3.71. The first-order chi connectivity index (χ1) is 12.4. The first kappa shape index (κ1) is 14.2. The van der Waals surface area contributed by atoms with Crippen molar-refractivity contribution in [2.24, 2.45) is 0 Å². The molecule has 1 aliphatic rings. The van der Waals surface area contributed by atoms with E-state index in [0.29, 0.717) is 0 Å². The maximum Gasteiger partial charge on any atom is -0.000705 e. The highest BCUT2D eigenvalue weighted by Gasteiger charge is 2.22. The van der Waals surface area contributed by atoms with Crippen LogP contribution in [0.1, 0.15) is 11.1 Å². The van der Waals surface area contributed by atoms with Crippen molar-refractivity contribution in [3.05, 3.63) is 108 Å². The van der Waals surface area contributed by atoms with Crippen LogP contribution >= 0.6 is 0 Å². The third kappa shape index (κ3) is 2.38. The van der Waals surface area contributed by atoms with Crippen molar-refractivity contribution in [3.8, 4) is 33.4 Å². The summed E-state index contributed by atoms with van der Waals surface area (Å²) in [7, 11) is 0. The predicted molar refractivity (Wildman–Crippen MR) is 104 cm³/mol. The van der Waals surface area contributed by atoms with Crippen LogP contribution in [0.2, 0.25) is 0 Å². The van der Waals surface area contributed by atoms with Gasteiger partial charge >= 0.3 is 0 Å². The molecule has 117 valence electrons. The number of rotatable bonds is 2. The highest BCUT2D eigenvalue weighted by molar-refractivity contribution is 5.88. The third-order valence-electron chi connectivity index (χ3n) is 5.00. The monoisotopic (exact) mass is 317 g/mol. The molecular formula is C25H17. The molecule has 0 atom stereocenters. The van der Waals surface area contributed by atoms with Crippen LogP contribution in [-0.4, -0.2) is 0 Å². The summed E-state index contributed by atoms with van der Waals surface area (Å²) in [5.41, 5.74) is 10.4. The average Bonchev–Trinajstić information content (AvgIpc) is 3.07. The van der Waals surface area contributed by atoms with E-state index in [1.165, 1.54) is 38.9 Å². The fourth-order valence-corrected chi connectivity index (χ4v) is 3.79. The minimum atomic E-state index is 0.987. The zero-order valence-electron chi connectivity index (χ0n) is 13.9. The van der Waals surface area contributed by atoms with Gasteiger partial charge in [0.1, 0.15) is 0 Å². The minimum Gasteiger partial charge on any atom is -0.0622 e. The molecule has 1 aliphatic carbocycles. The van der Waals surface area contributed by atoms with Gasteiger partial charge in [0, 0.05) is 0 Å². The van der Waals surface area contributed by atoms with E-state index >= 15 is 0 Å². The Hall–Kier alpha value is -3.12. The SMILES string of the molecule is [c]1c(-c2ccccc2)cc2c(c1-c1ccccc1)Cc1ccccc1-2. The van der Waals surface area contributed by atoms with Crippen molar-refractivity contribution in [1.82, 2.24) is 0 Å². The molecule has 4 aromatic rings. The van der Waals surface area contributed by atoms with Gasteiger partial charge in [-0.1, -0.05) is 84.9 Å². The largest absolute Gasteiger partial charge is 0.0622 e. The Morgan fingerprint density at radius 2 is 1.24 bits per heavy atom. The molecule has 0 aliphatic heterocycles. The van der Waals surface area contributed by atoms with E-state index in [4.69, 9.17) is 0 Å². The number of hydrogen-bond donors (Lipinski definition) is 0. The predicted octanol–water partition coefficient (Wildman–Crippen LogP) is 6.39. The first-order valence-electron chi connectivity index (χ1n) is 8.68. The molecule has 0 heteroatoms. The topological polar surface area (TPSA) is 0 Å². The second-order valence-electron chi connectivity index (χ2n) is 6.52. The average molecular weight is 317 g/mol. The van der Waals surface area contributed by atoms with Crippen LogP contribution in [0.5, 0.6) is 0 Å². The van der Waals surface area contributed by atoms with Crippen molar-refractivity contribution >= 4 is 0 Å². The molecule has 0 heterocycles. The van der Waals surface area contributed by atoms with E-state index in [0.717, 1.165) is 12.0 Å². The van der Waals surface area contributed by atoms with Gasteiger partial charge in [-0.3, -0.25) is 0 Å². The lowest BCUT2D eigenvalue weighted by Crippen LogP contribution is -1.91. The molecule has 5 rings (SSSR count). The van der Waals surface area contributed by atoms with Gasteiger partial charge in [-0.25, -0.2) is 0 Å². The van der Waals surface area contributed by atoms with E-state index < -0.39 is 0 Å². The molecule has 0 unspecified atom stereocenters. The summed E-state index contributed by atoms with van der Waals surface area (Å²) < 4.78 is 0. The summed E-state index contributed by atoms with van der Waals surface area (Å²) in [6.45, 7) is 0. The Morgan fingerprint density at radius 3 is 2.00 bits per heavy atom. The Labute approximate surface area is 148 Å². The highest BCUT2D eigenvalue weighted by atomic mass is 14.3. The van der Waals surface area contributed by atoms with Crippen LogP contribution in [0.25, 0.3) is 33.4 Å². The summed E-state index contributed by atoms with van der Waals surface area (Å²) >= 11 is 0. The fraction of sp³-hybridized carbons (Fsp3) is 0.0400. The number of hydrogen-bond acceptors (Lipinski definition) is 0. The normalized spacial score (nSPS) is 11.8. The van der Waals surface area contributed by atoms with Crippen LogP contribution in [0.4, 0.5) is 0 Å². The standard InChI is InChI=1S/C25H17/c1-3-9-18(10-4-1)21-16-23(19-11-5-2-6-12-19)25-15-20-13-7-8-14-22(20)24(25)17-21/h1-14,17H,15H2.